The highest BCUT2D eigenvalue weighted by atomic mass is 35.5. The van der Waals surface area contributed by atoms with Gasteiger partial charge in [-0.3, -0.25) is 4.57 Å². The van der Waals surface area contributed by atoms with Crippen LogP contribution in [0.1, 0.15) is 58.8 Å². The summed E-state index contributed by atoms with van der Waals surface area (Å²) in [7, 11) is 1.79. The minimum absolute atomic E-state index is 0.00895. The van der Waals surface area contributed by atoms with Gasteiger partial charge >= 0.3 is 0 Å². The van der Waals surface area contributed by atoms with Crippen molar-refractivity contribution in [2.75, 3.05) is 6.61 Å². The Labute approximate surface area is 196 Å². The van der Waals surface area contributed by atoms with Crippen LogP contribution in [0.2, 0.25) is 5.02 Å². The number of carbonyl (C=O) groups is 1. The largest absolute Gasteiger partial charge is 0.473 e. The minimum atomic E-state index is -2.67. The zero-order valence-electron chi connectivity index (χ0n) is 19.2. The molecule has 2 aromatic heterocycles. The SMILES string of the molecule is CC(=O)C[C@@H](C)COC1CCC(Oc2nc3cnc(OC4CC(F)(F)C4)c(Cl)c3n2C)CC1. The molecule has 4 rings (SSSR count). The van der Waals surface area contributed by atoms with Gasteiger partial charge in [-0.05, 0) is 38.5 Å². The van der Waals surface area contributed by atoms with Crippen LogP contribution in [-0.4, -0.2) is 51.2 Å². The number of aryl methyl sites for hydroxylation is 1. The summed E-state index contributed by atoms with van der Waals surface area (Å²) in [5, 5.41) is 0.240. The van der Waals surface area contributed by atoms with E-state index in [4.69, 9.17) is 25.8 Å². The lowest BCUT2D eigenvalue weighted by Crippen LogP contribution is -2.43. The van der Waals surface area contributed by atoms with E-state index >= 15 is 0 Å². The smallest absolute Gasteiger partial charge is 0.297 e. The molecule has 7 nitrogen and oxygen atoms in total. The molecule has 33 heavy (non-hydrogen) atoms. The first-order chi connectivity index (χ1) is 15.6. The van der Waals surface area contributed by atoms with Crippen LogP contribution in [-0.2, 0) is 16.6 Å². The van der Waals surface area contributed by atoms with Gasteiger partial charge in [-0.25, -0.2) is 13.8 Å². The monoisotopic (exact) mass is 485 g/mol. The van der Waals surface area contributed by atoms with E-state index in [1.54, 1.807) is 18.5 Å². The number of nitrogens with zero attached hydrogens (tertiary/aromatic N) is 3. The van der Waals surface area contributed by atoms with Gasteiger partial charge in [-0.15, -0.1) is 0 Å². The number of alkyl halides is 2. The number of carbonyl (C=O) groups excluding carboxylic acids is 1. The van der Waals surface area contributed by atoms with Crippen LogP contribution in [0.15, 0.2) is 6.20 Å². The summed E-state index contributed by atoms with van der Waals surface area (Å²) >= 11 is 6.48. The quantitative estimate of drug-likeness (QED) is 0.490. The van der Waals surface area contributed by atoms with Crippen LogP contribution >= 0.6 is 11.6 Å². The molecule has 1 atom stereocenters. The summed E-state index contributed by atoms with van der Waals surface area (Å²) < 4.78 is 45.7. The Bertz CT molecular complexity index is 999. The fourth-order valence-corrected chi connectivity index (χ4v) is 4.79. The molecule has 2 heterocycles. The van der Waals surface area contributed by atoms with Gasteiger partial charge in [0.2, 0.25) is 5.88 Å². The number of pyridine rings is 1. The molecule has 0 aliphatic heterocycles. The van der Waals surface area contributed by atoms with Gasteiger partial charge < -0.3 is 19.0 Å². The first-order valence-electron chi connectivity index (χ1n) is 11.4. The number of fused-ring (bicyclic) bond motifs is 1. The fourth-order valence-electron chi connectivity index (χ4n) is 4.48. The van der Waals surface area contributed by atoms with E-state index in [1.807, 2.05) is 6.92 Å². The molecule has 10 heteroatoms. The Kier molecular flexibility index (Phi) is 7.09. The second kappa shape index (κ2) is 9.70. The maximum absolute atomic E-state index is 13.1. The fraction of sp³-hybridized carbons (Fsp3) is 0.696. The van der Waals surface area contributed by atoms with Crippen LogP contribution in [0, 0.1) is 5.92 Å². The van der Waals surface area contributed by atoms with E-state index in [0.717, 1.165) is 25.7 Å². The Balaban J connectivity index is 1.33. The van der Waals surface area contributed by atoms with Crippen molar-refractivity contribution in [3.05, 3.63) is 11.2 Å². The first kappa shape index (κ1) is 24.1. The summed E-state index contributed by atoms with van der Waals surface area (Å²) in [6.45, 7) is 4.22. The van der Waals surface area contributed by atoms with Crippen molar-refractivity contribution in [2.24, 2.45) is 13.0 Å². The van der Waals surface area contributed by atoms with E-state index < -0.39 is 12.0 Å². The van der Waals surface area contributed by atoms with Crippen molar-refractivity contribution in [1.82, 2.24) is 14.5 Å². The lowest BCUT2D eigenvalue weighted by atomic mass is 9.91. The van der Waals surface area contributed by atoms with Gasteiger partial charge in [0.15, 0.2) is 0 Å². The molecule has 2 aromatic rings. The normalized spacial score (nSPS) is 23.8. The van der Waals surface area contributed by atoms with Crippen molar-refractivity contribution in [3.8, 4) is 11.9 Å². The molecule has 0 spiro atoms. The van der Waals surface area contributed by atoms with Crippen molar-refractivity contribution in [3.63, 3.8) is 0 Å². The van der Waals surface area contributed by atoms with Gasteiger partial charge in [0.1, 0.15) is 28.5 Å². The van der Waals surface area contributed by atoms with Crippen LogP contribution in [0.5, 0.6) is 11.9 Å². The predicted molar refractivity (Wildman–Crippen MR) is 119 cm³/mol. The number of imidazole rings is 1. The molecule has 0 N–H and O–H groups in total. The van der Waals surface area contributed by atoms with E-state index in [1.165, 1.54) is 6.20 Å². The molecule has 0 bridgehead atoms. The van der Waals surface area contributed by atoms with Crippen molar-refractivity contribution >= 4 is 28.4 Å². The number of ketones is 1. The molecule has 0 aromatic carbocycles. The van der Waals surface area contributed by atoms with Gasteiger partial charge in [-0.1, -0.05) is 18.5 Å². The number of rotatable bonds is 9. The lowest BCUT2D eigenvalue weighted by Gasteiger charge is -2.34. The standard InChI is InChI=1S/C23H30ClF2N3O4/c1-13(8-14(2)30)12-31-15-4-6-16(7-5-15)33-22-28-18-11-27-21(19(24)20(18)29(22)3)32-17-9-23(25,26)10-17/h11,13,15-17H,4-10,12H2,1-3H3/t13-,15?,16?/m1/s1. The first-order valence-corrected chi connectivity index (χ1v) is 11.8. The molecular weight excluding hydrogens is 456 g/mol. The average Bonchev–Trinajstić information content (AvgIpc) is 3.03. The summed E-state index contributed by atoms with van der Waals surface area (Å²) in [5.41, 5.74) is 1.15. The minimum Gasteiger partial charge on any atom is -0.473 e. The number of ether oxygens (including phenoxy) is 3. The van der Waals surface area contributed by atoms with Gasteiger partial charge in [0.05, 0.1) is 17.8 Å². The van der Waals surface area contributed by atoms with Crippen LogP contribution in [0.4, 0.5) is 8.78 Å². The summed E-state index contributed by atoms with van der Waals surface area (Å²) in [5.74, 6) is -2.13. The molecule has 182 valence electrons. The van der Waals surface area contributed by atoms with Crippen LogP contribution < -0.4 is 9.47 Å². The lowest BCUT2D eigenvalue weighted by molar-refractivity contribution is -0.135. The Hall–Kier alpha value is -2.00. The summed E-state index contributed by atoms with van der Waals surface area (Å²) in [6.07, 6.45) is 4.45. The molecule has 2 aliphatic rings. The highest BCUT2D eigenvalue weighted by Crippen LogP contribution is 2.41. The maximum atomic E-state index is 13.1. The Morgan fingerprint density at radius 2 is 1.88 bits per heavy atom. The number of halogens is 3. The van der Waals surface area contributed by atoms with Gasteiger partial charge in [0.25, 0.3) is 11.9 Å². The van der Waals surface area contributed by atoms with E-state index in [2.05, 4.69) is 9.97 Å². The average molecular weight is 486 g/mol. The molecule has 0 saturated heterocycles. The van der Waals surface area contributed by atoms with E-state index in [0.29, 0.717) is 30.1 Å². The Morgan fingerprint density at radius 1 is 1.21 bits per heavy atom. The number of hydrogen-bond acceptors (Lipinski definition) is 6. The highest BCUT2D eigenvalue weighted by molar-refractivity contribution is 6.36. The van der Waals surface area contributed by atoms with Crippen molar-refractivity contribution in [1.29, 1.82) is 0 Å². The third-order valence-corrected chi connectivity index (χ3v) is 6.60. The van der Waals surface area contributed by atoms with Crippen molar-refractivity contribution in [2.45, 2.75) is 83.0 Å². The van der Waals surface area contributed by atoms with Gasteiger partial charge in [-0.2, -0.15) is 4.98 Å². The number of hydrogen-bond donors (Lipinski definition) is 0. The zero-order valence-corrected chi connectivity index (χ0v) is 19.9. The van der Waals surface area contributed by atoms with Crippen LogP contribution in [0.3, 0.4) is 0 Å². The third-order valence-electron chi connectivity index (χ3n) is 6.26. The molecule has 0 unspecified atom stereocenters. The molecular formula is C23H30ClF2N3O4. The Morgan fingerprint density at radius 3 is 2.52 bits per heavy atom. The predicted octanol–water partition coefficient (Wildman–Crippen LogP) is 5.12. The second-order valence-electron chi connectivity index (χ2n) is 9.43. The number of aromatic nitrogens is 3. The van der Waals surface area contributed by atoms with E-state index in [9.17, 15) is 13.6 Å². The number of Topliss-reactive ketones (excluding diaryl/α,β-unsaturated/α-hetero) is 1. The van der Waals surface area contributed by atoms with E-state index in [-0.39, 0.29) is 47.7 Å². The van der Waals surface area contributed by atoms with Crippen molar-refractivity contribution < 1.29 is 27.8 Å². The molecule has 2 saturated carbocycles. The summed E-state index contributed by atoms with van der Waals surface area (Å²) in [6, 6.07) is 0.431. The molecule has 0 radical (unpaired) electrons. The van der Waals surface area contributed by atoms with Crippen LogP contribution in [0.25, 0.3) is 11.0 Å². The highest BCUT2D eigenvalue weighted by Gasteiger charge is 2.47. The molecule has 2 aliphatic carbocycles. The molecule has 2 fully saturated rings. The maximum Gasteiger partial charge on any atom is 0.297 e. The second-order valence-corrected chi connectivity index (χ2v) is 9.81. The summed E-state index contributed by atoms with van der Waals surface area (Å²) in [4.78, 5) is 19.9. The zero-order chi connectivity index (χ0) is 23.8. The third kappa shape index (κ3) is 5.74. The molecule has 0 amide bonds. The van der Waals surface area contributed by atoms with Gasteiger partial charge in [0, 0.05) is 32.9 Å². The topological polar surface area (TPSA) is 75.5 Å².